The van der Waals surface area contributed by atoms with Gasteiger partial charge in [0.25, 0.3) is 10.0 Å². The number of hydrogen-bond donors (Lipinski definition) is 1. The lowest BCUT2D eigenvalue weighted by atomic mass is 10.1. The molecule has 1 N–H and O–H groups in total. The van der Waals surface area contributed by atoms with Gasteiger partial charge in [-0.2, -0.15) is 0 Å². The van der Waals surface area contributed by atoms with E-state index in [9.17, 15) is 18.3 Å². The number of sulfonamides is 1. The fourth-order valence-electron chi connectivity index (χ4n) is 2.47. The zero-order chi connectivity index (χ0) is 15.9. The van der Waals surface area contributed by atoms with Crippen molar-refractivity contribution < 1.29 is 18.3 Å². The molecule has 114 valence electrons. The molecule has 0 amide bonds. The number of fused-ring (bicyclic) bond motifs is 1. The zero-order valence-corrected chi connectivity index (χ0v) is 12.8. The molecule has 1 aromatic carbocycles. The van der Waals surface area contributed by atoms with Gasteiger partial charge in [0.15, 0.2) is 0 Å². The number of aromatic nitrogens is 1. The maximum absolute atomic E-state index is 12.8. The van der Waals surface area contributed by atoms with Crippen LogP contribution in [0.15, 0.2) is 47.5 Å². The highest BCUT2D eigenvalue weighted by atomic mass is 35.5. The topological polar surface area (TPSA) is 87.6 Å². The Labute approximate surface area is 132 Å². The number of benzene rings is 1. The summed E-state index contributed by atoms with van der Waals surface area (Å²) in [6.07, 6.45) is 1.25. The number of halogens is 1. The van der Waals surface area contributed by atoms with Gasteiger partial charge >= 0.3 is 5.97 Å². The van der Waals surface area contributed by atoms with E-state index in [4.69, 9.17) is 11.6 Å². The van der Waals surface area contributed by atoms with Gasteiger partial charge in [-0.15, -0.1) is 0 Å². The van der Waals surface area contributed by atoms with E-state index in [1.807, 2.05) is 0 Å². The molecule has 0 saturated carbocycles. The van der Waals surface area contributed by atoms with Crippen molar-refractivity contribution in [2.45, 2.75) is 17.4 Å². The van der Waals surface area contributed by atoms with Gasteiger partial charge in [-0.1, -0.05) is 29.8 Å². The molecule has 0 spiro atoms. The summed E-state index contributed by atoms with van der Waals surface area (Å²) >= 11 is 5.67. The largest absolute Gasteiger partial charge is 0.480 e. The summed E-state index contributed by atoms with van der Waals surface area (Å²) < 4.78 is 26.5. The molecule has 6 nitrogen and oxygen atoms in total. The molecule has 0 fully saturated rings. The molecule has 1 aliphatic heterocycles. The third-order valence-electron chi connectivity index (χ3n) is 3.47. The first-order valence-electron chi connectivity index (χ1n) is 6.38. The van der Waals surface area contributed by atoms with Crippen LogP contribution >= 0.6 is 11.6 Å². The molecule has 0 unspecified atom stereocenters. The molecule has 1 aliphatic rings. The Bertz CT molecular complexity index is 836. The molecule has 1 aromatic heterocycles. The number of carboxylic acids is 1. The van der Waals surface area contributed by atoms with E-state index in [0.717, 1.165) is 10.5 Å². The summed E-state index contributed by atoms with van der Waals surface area (Å²) in [5.41, 5.74) is 1.06. The quantitative estimate of drug-likeness (QED) is 0.864. The maximum Gasteiger partial charge on any atom is 0.327 e. The van der Waals surface area contributed by atoms with Gasteiger partial charge in [-0.05, 0) is 23.8 Å². The number of para-hydroxylation sites is 1. The van der Waals surface area contributed by atoms with E-state index < -0.39 is 22.0 Å². The first-order valence-corrected chi connectivity index (χ1v) is 8.20. The molecule has 0 aliphatic carbocycles. The Hall–Kier alpha value is -2.12. The highest BCUT2D eigenvalue weighted by Gasteiger charge is 2.42. The van der Waals surface area contributed by atoms with Crippen LogP contribution in [0.5, 0.6) is 0 Å². The van der Waals surface area contributed by atoms with Crippen molar-refractivity contribution in [1.29, 1.82) is 0 Å². The molecule has 0 radical (unpaired) electrons. The second-order valence-electron chi connectivity index (χ2n) is 4.80. The summed E-state index contributed by atoms with van der Waals surface area (Å²) in [5, 5.41) is 9.53. The van der Waals surface area contributed by atoms with Crippen LogP contribution in [0.25, 0.3) is 0 Å². The van der Waals surface area contributed by atoms with Gasteiger partial charge < -0.3 is 5.11 Å². The Morgan fingerprint density at radius 1 is 1.27 bits per heavy atom. The normalized spacial score (nSPS) is 17.3. The number of rotatable bonds is 3. The number of aliphatic carboxylic acids is 1. The van der Waals surface area contributed by atoms with Crippen LogP contribution in [0.3, 0.4) is 0 Å². The van der Waals surface area contributed by atoms with Crippen molar-refractivity contribution in [2.75, 3.05) is 4.31 Å². The number of hydrogen-bond acceptors (Lipinski definition) is 4. The van der Waals surface area contributed by atoms with Crippen molar-refractivity contribution >= 4 is 33.3 Å². The van der Waals surface area contributed by atoms with Crippen LogP contribution < -0.4 is 4.31 Å². The van der Waals surface area contributed by atoms with Crippen LogP contribution in [0.4, 0.5) is 5.69 Å². The molecule has 2 heterocycles. The van der Waals surface area contributed by atoms with Crippen molar-refractivity contribution in [3.05, 3.63) is 53.3 Å². The zero-order valence-electron chi connectivity index (χ0n) is 11.2. The molecule has 22 heavy (non-hydrogen) atoms. The molecule has 0 saturated heterocycles. The number of nitrogens with zero attached hydrogens (tertiary/aromatic N) is 2. The summed E-state index contributed by atoms with van der Waals surface area (Å²) in [5.74, 6) is -1.19. The lowest BCUT2D eigenvalue weighted by Crippen LogP contribution is -2.42. The molecule has 0 bridgehead atoms. The van der Waals surface area contributed by atoms with Gasteiger partial charge in [0.05, 0.1) is 5.69 Å². The third kappa shape index (κ3) is 2.32. The standard InChI is InChI=1S/C14H11ClN2O4S/c15-13-6-5-10(8-16-13)22(20,21)17-11-4-2-1-3-9(11)7-12(17)14(18)19/h1-6,8,12H,7H2,(H,18,19)/t12-/m0/s1. The van der Waals surface area contributed by atoms with Crippen molar-refractivity contribution in [2.24, 2.45) is 0 Å². The summed E-state index contributed by atoms with van der Waals surface area (Å²) in [6.45, 7) is 0. The molecule has 3 rings (SSSR count). The first kappa shape index (κ1) is 14.8. The fraction of sp³-hybridized carbons (Fsp3) is 0.143. The minimum atomic E-state index is -4.03. The van der Waals surface area contributed by atoms with Gasteiger partial charge in [0, 0.05) is 12.6 Å². The monoisotopic (exact) mass is 338 g/mol. The summed E-state index contributed by atoms with van der Waals surface area (Å²) in [4.78, 5) is 15.1. The number of anilines is 1. The van der Waals surface area contributed by atoms with Crippen LogP contribution in [-0.2, 0) is 21.2 Å². The van der Waals surface area contributed by atoms with Crippen LogP contribution in [0.2, 0.25) is 5.15 Å². The minimum absolute atomic E-state index is 0.0974. The molecule has 1 atom stereocenters. The summed E-state index contributed by atoms with van der Waals surface area (Å²) in [6, 6.07) is 8.23. The Balaban J connectivity index is 2.14. The second-order valence-corrected chi connectivity index (χ2v) is 7.01. The highest BCUT2D eigenvalue weighted by molar-refractivity contribution is 7.93. The lowest BCUT2D eigenvalue weighted by molar-refractivity contribution is -0.138. The van der Waals surface area contributed by atoms with Crippen molar-refractivity contribution in [3.63, 3.8) is 0 Å². The Morgan fingerprint density at radius 2 is 2.00 bits per heavy atom. The van der Waals surface area contributed by atoms with E-state index in [-0.39, 0.29) is 16.5 Å². The molecular weight excluding hydrogens is 328 g/mol. The van der Waals surface area contributed by atoms with Crippen LogP contribution in [0, 0.1) is 0 Å². The third-order valence-corrected chi connectivity index (χ3v) is 5.50. The molecular formula is C14H11ClN2O4S. The number of carboxylic acid groups (broad SMARTS) is 1. The van der Waals surface area contributed by atoms with E-state index in [1.165, 1.54) is 12.1 Å². The SMILES string of the molecule is O=C(O)[C@@H]1Cc2ccccc2N1S(=O)(=O)c1ccc(Cl)nc1. The smallest absolute Gasteiger partial charge is 0.327 e. The predicted octanol–water partition coefficient (Wildman–Crippen LogP) is 1.94. The summed E-state index contributed by atoms with van der Waals surface area (Å²) in [7, 11) is -4.03. The van der Waals surface area contributed by atoms with E-state index in [0.29, 0.717) is 11.3 Å². The van der Waals surface area contributed by atoms with E-state index in [2.05, 4.69) is 4.98 Å². The maximum atomic E-state index is 12.8. The van der Waals surface area contributed by atoms with E-state index in [1.54, 1.807) is 24.3 Å². The fourth-order valence-corrected chi connectivity index (χ4v) is 4.17. The van der Waals surface area contributed by atoms with Crippen LogP contribution in [0.1, 0.15) is 5.56 Å². The van der Waals surface area contributed by atoms with Gasteiger partial charge in [0.2, 0.25) is 0 Å². The minimum Gasteiger partial charge on any atom is -0.480 e. The first-order chi connectivity index (χ1) is 10.4. The number of carbonyl (C=O) groups is 1. The Kier molecular flexibility index (Phi) is 3.54. The van der Waals surface area contributed by atoms with Gasteiger partial charge in [0.1, 0.15) is 16.1 Å². The highest BCUT2D eigenvalue weighted by Crippen LogP contribution is 2.36. The van der Waals surface area contributed by atoms with E-state index >= 15 is 0 Å². The second kappa shape index (κ2) is 5.26. The van der Waals surface area contributed by atoms with Crippen molar-refractivity contribution in [1.82, 2.24) is 4.98 Å². The predicted molar refractivity (Wildman–Crippen MR) is 80.5 cm³/mol. The molecule has 8 heteroatoms. The Morgan fingerprint density at radius 3 is 2.64 bits per heavy atom. The van der Waals surface area contributed by atoms with Crippen molar-refractivity contribution in [3.8, 4) is 0 Å². The lowest BCUT2D eigenvalue weighted by Gasteiger charge is -2.24. The van der Waals surface area contributed by atoms with Crippen LogP contribution in [-0.4, -0.2) is 30.5 Å². The average Bonchev–Trinajstić information content (AvgIpc) is 2.88. The average molecular weight is 339 g/mol. The van der Waals surface area contributed by atoms with Gasteiger partial charge in [-0.3, -0.25) is 4.31 Å². The number of pyridine rings is 1. The molecule has 2 aromatic rings. The van der Waals surface area contributed by atoms with Gasteiger partial charge in [-0.25, -0.2) is 18.2 Å².